The van der Waals surface area contributed by atoms with Crippen LogP contribution in [0.25, 0.3) is 33.5 Å². The van der Waals surface area contributed by atoms with Crippen LogP contribution in [-0.4, -0.2) is 99.2 Å². The number of thioether (sulfide) groups is 1. The number of para-hydroxylation sites is 1. The van der Waals surface area contributed by atoms with Gasteiger partial charge in [-0.1, -0.05) is 54.6 Å². The Labute approximate surface area is 388 Å². The third-order valence-electron chi connectivity index (χ3n) is 11.1. The monoisotopic (exact) mass is 931 g/mol. The van der Waals surface area contributed by atoms with Gasteiger partial charge in [-0.15, -0.1) is 22.0 Å². The number of hydrogen-bond acceptors (Lipinski definition) is 13. The molecule has 16 nitrogen and oxygen atoms in total. The number of aromatic nitrogens is 6. The lowest BCUT2D eigenvalue weighted by Gasteiger charge is -2.33. The van der Waals surface area contributed by atoms with Crippen molar-refractivity contribution in [3.8, 4) is 39.8 Å². The normalized spacial score (nSPS) is 13.6. The number of nitrogens with two attached hydrogens (primary N) is 1. The number of methoxy groups -OCH3 is 3. The predicted octanol–water partition coefficient (Wildman–Crippen LogP) is 8.42. The molecular formula is C48H53N9O7S2. The van der Waals surface area contributed by atoms with E-state index in [0.29, 0.717) is 70.2 Å². The van der Waals surface area contributed by atoms with E-state index in [9.17, 15) is 4.79 Å². The first-order valence-corrected chi connectivity index (χ1v) is 23.8. The van der Waals surface area contributed by atoms with Crippen molar-refractivity contribution in [3.05, 3.63) is 120 Å². The lowest BCUT2D eigenvalue weighted by molar-refractivity contribution is 0.0219. The number of likely N-dealkylation sites (tertiary alicyclic amines) is 1. The molecule has 8 rings (SSSR count). The third-order valence-corrected chi connectivity index (χ3v) is 14.5. The van der Waals surface area contributed by atoms with Gasteiger partial charge in [-0.25, -0.2) is 18.2 Å². The summed E-state index contributed by atoms with van der Waals surface area (Å²) in [5.74, 6) is 2.31. The van der Waals surface area contributed by atoms with E-state index in [1.807, 2.05) is 124 Å². The largest absolute Gasteiger partial charge is 0.497 e. The summed E-state index contributed by atoms with van der Waals surface area (Å²) in [5.41, 5.74) is 10.6. The van der Waals surface area contributed by atoms with Crippen molar-refractivity contribution in [1.29, 1.82) is 0 Å². The number of fused-ring (bicyclic) bond motifs is 1. The number of nitrogen functional groups attached to an aromatic ring is 1. The van der Waals surface area contributed by atoms with Crippen molar-refractivity contribution in [2.75, 3.05) is 40.2 Å². The number of sulfonamides is 1. The minimum atomic E-state index is -4.49. The highest BCUT2D eigenvalue weighted by Crippen LogP contribution is 2.46. The van der Waals surface area contributed by atoms with Crippen molar-refractivity contribution < 1.29 is 32.2 Å². The van der Waals surface area contributed by atoms with Gasteiger partial charge in [0, 0.05) is 41.9 Å². The number of ether oxygens (including phenoxy) is 4. The van der Waals surface area contributed by atoms with E-state index in [-0.39, 0.29) is 53.2 Å². The summed E-state index contributed by atoms with van der Waals surface area (Å²) in [6.07, 6.45) is 0.833. The fourth-order valence-electron chi connectivity index (χ4n) is 7.82. The van der Waals surface area contributed by atoms with E-state index < -0.39 is 15.6 Å². The zero-order chi connectivity index (χ0) is 46.6. The van der Waals surface area contributed by atoms with E-state index in [0.717, 1.165) is 16.7 Å². The molecule has 344 valence electrons. The molecule has 3 heterocycles. The van der Waals surface area contributed by atoms with Gasteiger partial charge in [0.05, 0.1) is 44.5 Å². The molecule has 2 aromatic heterocycles. The highest BCUT2D eigenvalue weighted by atomic mass is 32.2. The molecule has 0 spiro atoms. The van der Waals surface area contributed by atoms with Gasteiger partial charge in [0.15, 0.2) is 5.95 Å². The number of aromatic amines is 1. The summed E-state index contributed by atoms with van der Waals surface area (Å²) in [4.78, 5) is 24.5. The fourth-order valence-corrected chi connectivity index (χ4v) is 11.1. The van der Waals surface area contributed by atoms with E-state index in [4.69, 9.17) is 29.8 Å². The number of piperidine rings is 1. The Bertz CT molecular complexity index is 2860. The molecule has 1 fully saturated rings. The molecule has 18 heteroatoms. The molecule has 1 aliphatic heterocycles. The van der Waals surface area contributed by atoms with E-state index in [1.54, 1.807) is 26.2 Å². The molecule has 66 heavy (non-hydrogen) atoms. The van der Waals surface area contributed by atoms with Gasteiger partial charge in [0.1, 0.15) is 27.7 Å². The Morgan fingerprint density at radius 2 is 1.38 bits per heavy atom. The van der Waals surface area contributed by atoms with Gasteiger partial charge < -0.3 is 34.6 Å². The molecule has 0 saturated carbocycles. The quantitative estimate of drug-likeness (QED) is 0.0997. The van der Waals surface area contributed by atoms with E-state index >= 15 is 8.42 Å². The summed E-state index contributed by atoms with van der Waals surface area (Å²) in [6, 6.07) is 31.6. The number of hydrogen-bond donors (Lipinski definition) is 2. The molecule has 0 unspecified atom stereocenters. The van der Waals surface area contributed by atoms with Crippen LogP contribution in [0.1, 0.15) is 50.3 Å². The summed E-state index contributed by atoms with van der Waals surface area (Å²) in [6.45, 7) is 6.72. The number of carbonyl (C=O) groups excluding carboxylic acids is 1. The Morgan fingerprint density at radius 3 is 1.94 bits per heavy atom. The van der Waals surface area contributed by atoms with Crippen LogP contribution in [0.3, 0.4) is 0 Å². The molecule has 0 bridgehead atoms. The number of nitrogens with one attached hydrogen (secondary N) is 1. The molecular weight excluding hydrogens is 879 g/mol. The lowest BCUT2D eigenvalue weighted by Crippen LogP contribution is -2.42. The zero-order valence-corrected chi connectivity index (χ0v) is 39.4. The van der Waals surface area contributed by atoms with Crippen molar-refractivity contribution in [2.45, 2.75) is 73.9 Å². The van der Waals surface area contributed by atoms with Crippen molar-refractivity contribution in [3.63, 3.8) is 0 Å². The van der Waals surface area contributed by atoms with Crippen LogP contribution in [0.2, 0.25) is 0 Å². The van der Waals surface area contributed by atoms with E-state index in [1.165, 1.54) is 20.9 Å². The predicted molar refractivity (Wildman–Crippen MR) is 254 cm³/mol. The van der Waals surface area contributed by atoms with Gasteiger partial charge in [-0.05, 0) is 110 Å². The minimum Gasteiger partial charge on any atom is -0.497 e. The van der Waals surface area contributed by atoms with Gasteiger partial charge in [-0.3, -0.25) is 0 Å². The van der Waals surface area contributed by atoms with Crippen LogP contribution in [0.5, 0.6) is 17.2 Å². The van der Waals surface area contributed by atoms with Gasteiger partial charge in [0.2, 0.25) is 15.8 Å². The molecule has 0 atom stereocenters. The Morgan fingerprint density at radius 1 is 0.803 bits per heavy atom. The second-order valence-corrected chi connectivity index (χ2v) is 20.1. The third kappa shape index (κ3) is 10.4. The maximum atomic E-state index is 16.2. The van der Waals surface area contributed by atoms with Crippen LogP contribution >= 0.6 is 11.8 Å². The smallest absolute Gasteiger partial charge is 0.410 e. The number of anilines is 1. The maximum absolute atomic E-state index is 16.2. The number of benzene rings is 5. The first kappa shape index (κ1) is 45.9. The second kappa shape index (κ2) is 19.5. The van der Waals surface area contributed by atoms with Crippen LogP contribution in [0.4, 0.5) is 10.7 Å². The summed E-state index contributed by atoms with van der Waals surface area (Å²) in [7, 11) is 0.293. The minimum absolute atomic E-state index is 0.0173. The highest BCUT2D eigenvalue weighted by Gasteiger charge is 2.36. The number of nitrogens with zero attached hydrogens (tertiary/aromatic N) is 7. The molecule has 7 aromatic rings. The molecule has 0 radical (unpaired) electrons. The first-order chi connectivity index (χ1) is 31.7. The van der Waals surface area contributed by atoms with Crippen LogP contribution in [-0.2, 0) is 34.4 Å². The Balaban J connectivity index is 1.31. The summed E-state index contributed by atoms with van der Waals surface area (Å²) < 4.78 is 55.8. The maximum Gasteiger partial charge on any atom is 0.410 e. The first-order valence-electron chi connectivity index (χ1n) is 21.4. The van der Waals surface area contributed by atoms with Crippen molar-refractivity contribution >= 4 is 44.9 Å². The number of rotatable bonds is 15. The SMILES string of the molecule is COc1ccc(CN(Cc2ccc(OC)cc2)S(=O)(=O)c2c(SC3CCN(C(=O)OC(C)(C)C)CC3)ccc(-c3cccc4[nH]c(N)nc34)c2-c2nnn(Cc3ccc(OC)cc3)n2)cc1. The summed E-state index contributed by atoms with van der Waals surface area (Å²) in [5, 5.41) is 13.9. The van der Waals surface area contributed by atoms with Crippen LogP contribution in [0, 0.1) is 0 Å². The number of carbonyl (C=O) groups is 1. The average molecular weight is 932 g/mol. The molecule has 1 saturated heterocycles. The standard InChI is InChI=1S/C48H53N9O7S2/c1-48(2,3)64-47(58)55-26-24-37(25-27-55)65-41-23-22-38(39-8-7-9-40-43(39)51-46(49)50-40)42(45-52-54-57(53-45)30-33-14-20-36(63-6)21-15-33)44(41)66(59,60)56(28-31-10-16-34(61-4)17-11-31)29-32-12-18-35(62-5)19-13-32/h7-23,37H,24-30H2,1-6H3,(H3,49,50,51). The average Bonchev–Trinajstić information content (AvgIpc) is 3.94. The molecule has 3 N–H and O–H groups in total. The van der Waals surface area contributed by atoms with E-state index in [2.05, 4.69) is 20.3 Å². The zero-order valence-electron chi connectivity index (χ0n) is 37.7. The van der Waals surface area contributed by atoms with Gasteiger partial charge >= 0.3 is 6.09 Å². The fraction of sp³-hybridized carbons (Fsp3) is 0.312. The highest BCUT2D eigenvalue weighted by molar-refractivity contribution is 8.00. The lowest BCUT2D eigenvalue weighted by atomic mass is 9.98. The number of tetrazole rings is 1. The van der Waals surface area contributed by atoms with Crippen molar-refractivity contribution in [1.82, 2.24) is 39.4 Å². The van der Waals surface area contributed by atoms with Gasteiger partial charge in [0.25, 0.3) is 0 Å². The molecule has 1 aliphatic rings. The van der Waals surface area contributed by atoms with Gasteiger partial charge in [-0.2, -0.15) is 9.10 Å². The Kier molecular flexibility index (Phi) is 13.5. The second-order valence-electron chi connectivity index (χ2n) is 16.9. The Hall–Kier alpha value is -6.63. The number of imidazole rings is 1. The molecule has 0 aliphatic carbocycles. The van der Waals surface area contributed by atoms with Crippen LogP contribution in [0.15, 0.2) is 113 Å². The number of H-pyrrole nitrogens is 1. The summed E-state index contributed by atoms with van der Waals surface area (Å²) >= 11 is 1.46. The van der Waals surface area contributed by atoms with Crippen molar-refractivity contribution in [2.24, 2.45) is 0 Å². The molecule has 1 amide bonds. The van der Waals surface area contributed by atoms with Crippen LogP contribution < -0.4 is 19.9 Å². The molecule has 5 aromatic carbocycles. The topological polar surface area (TPSA) is 193 Å². The number of amides is 1.